The SMILES string of the molecule is CC1=C2C=C[C@](C)(O)[C@@H]2[C@H]2OC(=O)[C@@H](C)[C@@H]2[C@@H](O)C1. The molecule has 0 saturated carbocycles. The Bertz CT molecular complexity index is 488. The topological polar surface area (TPSA) is 66.8 Å². The highest BCUT2D eigenvalue weighted by molar-refractivity contribution is 5.75. The van der Waals surface area contributed by atoms with E-state index in [-0.39, 0.29) is 23.7 Å². The molecule has 0 aromatic rings. The summed E-state index contributed by atoms with van der Waals surface area (Å²) in [5.41, 5.74) is 1.07. The van der Waals surface area contributed by atoms with Gasteiger partial charge in [-0.2, -0.15) is 0 Å². The molecule has 1 fully saturated rings. The first kappa shape index (κ1) is 12.9. The molecule has 0 bridgehead atoms. The summed E-state index contributed by atoms with van der Waals surface area (Å²) < 4.78 is 5.49. The second kappa shape index (κ2) is 3.93. The van der Waals surface area contributed by atoms with Crippen molar-refractivity contribution in [2.24, 2.45) is 17.8 Å². The average Bonchev–Trinajstić information content (AvgIpc) is 2.72. The molecule has 2 N–H and O–H groups in total. The van der Waals surface area contributed by atoms with Gasteiger partial charge in [0.05, 0.1) is 23.5 Å². The first-order chi connectivity index (χ1) is 8.83. The Morgan fingerprint density at radius 2 is 2.16 bits per heavy atom. The number of hydrogen-bond acceptors (Lipinski definition) is 4. The molecule has 0 amide bonds. The highest BCUT2D eigenvalue weighted by atomic mass is 16.6. The van der Waals surface area contributed by atoms with Crippen LogP contribution >= 0.6 is 0 Å². The van der Waals surface area contributed by atoms with Crippen molar-refractivity contribution in [3.05, 3.63) is 23.3 Å². The molecular weight excluding hydrogens is 244 g/mol. The largest absolute Gasteiger partial charge is 0.461 e. The highest BCUT2D eigenvalue weighted by Crippen LogP contribution is 2.49. The minimum Gasteiger partial charge on any atom is -0.461 e. The van der Waals surface area contributed by atoms with E-state index in [2.05, 4.69) is 0 Å². The van der Waals surface area contributed by atoms with E-state index in [0.717, 1.165) is 11.1 Å². The predicted octanol–water partition coefficient (Wildman–Crippen LogP) is 1.18. The van der Waals surface area contributed by atoms with Gasteiger partial charge in [0.15, 0.2) is 0 Å². The Morgan fingerprint density at radius 1 is 1.47 bits per heavy atom. The summed E-state index contributed by atoms with van der Waals surface area (Å²) in [6.45, 7) is 5.51. The van der Waals surface area contributed by atoms with Crippen molar-refractivity contribution in [2.75, 3.05) is 0 Å². The van der Waals surface area contributed by atoms with Crippen molar-refractivity contribution < 1.29 is 19.7 Å². The smallest absolute Gasteiger partial charge is 0.309 e. The number of rotatable bonds is 0. The van der Waals surface area contributed by atoms with Gasteiger partial charge < -0.3 is 14.9 Å². The second-order valence-electron chi connectivity index (χ2n) is 6.31. The Balaban J connectivity index is 2.10. The van der Waals surface area contributed by atoms with Crippen LogP contribution in [-0.4, -0.2) is 34.0 Å². The number of carbonyl (C=O) groups is 1. The number of carbonyl (C=O) groups excluding carboxylic acids is 1. The minimum atomic E-state index is -1.02. The predicted molar refractivity (Wildman–Crippen MR) is 69.1 cm³/mol. The van der Waals surface area contributed by atoms with Gasteiger partial charge >= 0.3 is 5.97 Å². The van der Waals surface area contributed by atoms with Crippen LogP contribution in [0.2, 0.25) is 0 Å². The van der Waals surface area contributed by atoms with Crippen LogP contribution in [0.1, 0.15) is 27.2 Å². The van der Waals surface area contributed by atoms with Crippen LogP contribution in [0.3, 0.4) is 0 Å². The quantitative estimate of drug-likeness (QED) is 0.645. The molecule has 2 aliphatic carbocycles. The van der Waals surface area contributed by atoms with Crippen molar-refractivity contribution >= 4 is 5.97 Å². The first-order valence-corrected chi connectivity index (χ1v) is 6.82. The number of aliphatic hydroxyl groups excluding tert-OH is 1. The van der Waals surface area contributed by atoms with E-state index in [1.54, 1.807) is 19.9 Å². The molecule has 0 aromatic heterocycles. The molecule has 19 heavy (non-hydrogen) atoms. The van der Waals surface area contributed by atoms with Crippen molar-refractivity contribution in [3.63, 3.8) is 0 Å². The molecule has 104 valence electrons. The molecule has 0 spiro atoms. The molecular formula is C15H20O4. The maximum Gasteiger partial charge on any atom is 0.309 e. The zero-order valence-electron chi connectivity index (χ0n) is 11.5. The van der Waals surface area contributed by atoms with E-state index < -0.39 is 17.8 Å². The molecule has 0 radical (unpaired) electrons. The number of aliphatic hydroxyl groups is 2. The maximum absolute atomic E-state index is 11.8. The molecule has 3 rings (SSSR count). The zero-order chi connectivity index (χ0) is 13.9. The summed E-state index contributed by atoms with van der Waals surface area (Å²) in [7, 11) is 0. The molecule has 1 aliphatic heterocycles. The molecule has 4 nitrogen and oxygen atoms in total. The minimum absolute atomic E-state index is 0.240. The standard InChI is InChI=1S/C15H20O4/c1-7-6-10(16)11-8(2)14(17)19-13(11)12-9(7)4-5-15(12,3)18/h4-5,8,10-13,16,18H,6H2,1-3H3/t8-,10-,11+,12-,13-,15-/m0/s1. The lowest BCUT2D eigenvalue weighted by Gasteiger charge is -2.33. The Hall–Kier alpha value is -1.13. The zero-order valence-corrected chi connectivity index (χ0v) is 11.5. The second-order valence-corrected chi connectivity index (χ2v) is 6.31. The van der Waals surface area contributed by atoms with Gasteiger partial charge in [0.2, 0.25) is 0 Å². The fraction of sp³-hybridized carbons (Fsp3) is 0.667. The van der Waals surface area contributed by atoms with Crippen LogP contribution < -0.4 is 0 Å². The summed E-state index contributed by atoms with van der Waals surface area (Å²) in [4.78, 5) is 11.8. The molecule has 4 heteroatoms. The van der Waals surface area contributed by atoms with Crippen molar-refractivity contribution in [2.45, 2.75) is 45.0 Å². The van der Waals surface area contributed by atoms with Crippen LogP contribution in [0.5, 0.6) is 0 Å². The van der Waals surface area contributed by atoms with E-state index >= 15 is 0 Å². The van der Waals surface area contributed by atoms with Gasteiger partial charge in [0, 0.05) is 5.92 Å². The Labute approximate surface area is 112 Å². The van der Waals surface area contributed by atoms with Crippen molar-refractivity contribution in [1.29, 1.82) is 0 Å². The monoisotopic (exact) mass is 264 g/mol. The number of allylic oxidation sites excluding steroid dienone is 1. The summed E-state index contributed by atoms with van der Waals surface area (Å²) in [5, 5.41) is 20.9. The summed E-state index contributed by atoms with van der Waals surface area (Å²) in [5.74, 6) is -1.08. The van der Waals surface area contributed by atoms with Crippen LogP contribution in [0, 0.1) is 17.8 Å². The fourth-order valence-electron chi connectivity index (χ4n) is 3.87. The molecule has 0 unspecified atom stereocenters. The van der Waals surface area contributed by atoms with Gasteiger partial charge in [-0.1, -0.05) is 24.6 Å². The third kappa shape index (κ3) is 1.70. The number of ether oxygens (including phenoxy) is 1. The van der Waals surface area contributed by atoms with E-state index in [1.165, 1.54) is 0 Å². The lowest BCUT2D eigenvalue weighted by Crippen LogP contribution is -2.43. The van der Waals surface area contributed by atoms with Gasteiger partial charge in [0.1, 0.15) is 6.10 Å². The van der Waals surface area contributed by atoms with Crippen molar-refractivity contribution in [3.8, 4) is 0 Å². The Kier molecular flexibility index (Phi) is 2.67. The Morgan fingerprint density at radius 3 is 2.84 bits per heavy atom. The fourth-order valence-corrected chi connectivity index (χ4v) is 3.87. The van der Waals surface area contributed by atoms with Gasteiger partial charge in [0.25, 0.3) is 0 Å². The van der Waals surface area contributed by atoms with Crippen LogP contribution in [0.15, 0.2) is 23.3 Å². The van der Waals surface area contributed by atoms with Crippen LogP contribution in [-0.2, 0) is 9.53 Å². The summed E-state index contributed by atoms with van der Waals surface area (Å²) >= 11 is 0. The van der Waals surface area contributed by atoms with Gasteiger partial charge in [-0.25, -0.2) is 0 Å². The average molecular weight is 264 g/mol. The van der Waals surface area contributed by atoms with E-state index in [1.807, 2.05) is 13.0 Å². The molecule has 0 aromatic carbocycles. The van der Waals surface area contributed by atoms with Gasteiger partial charge in [-0.15, -0.1) is 0 Å². The molecule has 3 aliphatic rings. The summed E-state index contributed by atoms with van der Waals surface area (Å²) in [6, 6.07) is 0. The normalized spacial score (nSPS) is 48.9. The third-order valence-electron chi connectivity index (χ3n) is 4.93. The number of esters is 1. The number of hydrogen-bond donors (Lipinski definition) is 2. The molecule has 1 heterocycles. The lowest BCUT2D eigenvalue weighted by molar-refractivity contribution is -0.147. The lowest BCUT2D eigenvalue weighted by atomic mass is 9.76. The van der Waals surface area contributed by atoms with Gasteiger partial charge in [-0.05, 0) is 25.8 Å². The molecule has 1 saturated heterocycles. The van der Waals surface area contributed by atoms with Crippen LogP contribution in [0.4, 0.5) is 0 Å². The van der Waals surface area contributed by atoms with E-state index in [9.17, 15) is 15.0 Å². The highest BCUT2D eigenvalue weighted by Gasteiger charge is 2.56. The maximum atomic E-state index is 11.8. The van der Waals surface area contributed by atoms with Crippen LogP contribution in [0.25, 0.3) is 0 Å². The summed E-state index contributed by atoms with van der Waals surface area (Å²) in [6.07, 6.45) is 3.19. The first-order valence-electron chi connectivity index (χ1n) is 6.82. The number of fused-ring (bicyclic) bond motifs is 3. The van der Waals surface area contributed by atoms with E-state index in [0.29, 0.717) is 6.42 Å². The van der Waals surface area contributed by atoms with Crippen molar-refractivity contribution in [1.82, 2.24) is 0 Å². The third-order valence-corrected chi connectivity index (χ3v) is 4.93. The van der Waals surface area contributed by atoms with Gasteiger partial charge in [-0.3, -0.25) is 4.79 Å². The molecule has 6 atom stereocenters. The van der Waals surface area contributed by atoms with E-state index in [4.69, 9.17) is 4.74 Å².